The molecule has 0 unspecified atom stereocenters. The van der Waals surface area contributed by atoms with E-state index in [0.717, 1.165) is 32.4 Å². The molecule has 2 N–H and O–H groups in total. The molecule has 0 bridgehead atoms. The number of nitrogens with one attached hydrogen (secondary N) is 2. The molecule has 5 nitrogen and oxygen atoms in total. The van der Waals surface area contributed by atoms with Crippen molar-refractivity contribution in [2.75, 3.05) is 33.4 Å². The topological polar surface area (TPSA) is 74.2 Å². The molecule has 5 heteroatoms. The number of amides is 1. The monoisotopic (exact) mass is 227 g/mol. The van der Waals surface area contributed by atoms with E-state index in [1.165, 1.54) is 0 Å². The molecule has 0 saturated carbocycles. The van der Waals surface area contributed by atoms with Gasteiger partial charge in [-0.3, -0.25) is 4.79 Å². The van der Waals surface area contributed by atoms with Crippen molar-refractivity contribution >= 4 is 5.91 Å². The van der Waals surface area contributed by atoms with Crippen LogP contribution in [0.1, 0.15) is 25.7 Å². The zero-order valence-electron chi connectivity index (χ0n) is 9.92. The summed E-state index contributed by atoms with van der Waals surface area (Å²) in [6.45, 7) is 2.41. The Morgan fingerprint density at radius 3 is 2.81 bits per heavy atom. The van der Waals surface area contributed by atoms with Gasteiger partial charge in [0.05, 0.1) is 19.0 Å². The SMILES string of the molecule is COCCCCCNCC(=O)NCCC#N. The van der Waals surface area contributed by atoms with Crippen LogP contribution in [0.4, 0.5) is 0 Å². The fraction of sp³-hybridized carbons (Fsp3) is 0.818. The van der Waals surface area contributed by atoms with Crippen molar-refractivity contribution in [2.45, 2.75) is 25.7 Å². The van der Waals surface area contributed by atoms with Gasteiger partial charge in [-0.05, 0) is 25.8 Å². The van der Waals surface area contributed by atoms with Gasteiger partial charge in [0, 0.05) is 20.3 Å². The smallest absolute Gasteiger partial charge is 0.233 e. The number of methoxy groups -OCH3 is 1. The van der Waals surface area contributed by atoms with E-state index in [1.807, 2.05) is 6.07 Å². The average Bonchev–Trinajstić information content (AvgIpc) is 2.28. The normalized spacial score (nSPS) is 9.75. The zero-order chi connectivity index (χ0) is 12.1. The van der Waals surface area contributed by atoms with E-state index < -0.39 is 0 Å². The lowest BCUT2D eigenvalue weighted by Gasteiger charge is -2.05. The van der Waals surface area contributed by atoms with Crippen molar-refractivity contribution in [2.24, 2.45) is 0 Å². The van der Waals surface area contributed by atoms with Gasteiger partial charge in [0.1, 0.15) is 0 Å². The molecule has 0 heterocycles. The number of rotatable bonds is 10. The van der Waals surface area contributed by atoms with Gasteiger partial charge in [-0.1, -0.05) is 0 Å². The van der Waals surface area contributed by atoms with Crippen molar-refractivity contribution in [1.82, 2.24) is 10.6 Å². The van der Waals surface area contributed by atoms with Crippen LogP contribution in [-0.2, 0) is 9.53 Å². The molecule has 0 aromatic heterocycles. The minimum Gasteiger partial charge on any atom is -0.385 e. The van der Waals surface area contributed by atoms with Gasteiger partial charge >= 0.3 is 0 Å². The summed E-state index contributed by atoms with van der Waals surface area (Å²) in [5.41, 5.74) is 0. The number of ether oxygens (including phenoxy) is 1. The first-order chi connectivity index (χ1) is 7.81. The van der Waals surface area contributed by atoms with E-state index in [1.54, 1.807) is 7.11 Å². The number of carbonyl (C=O) groups is 1. The number of nitrogens with zero attached hydrogens (tertiary/aromatic N) is 1. The van der Waals surface area contributed by atoms with Gasteiger partial charge in [0.15, 0.2) is 0 Å². The zero-order valence-corrected chi connectivity index (χ0v) is 9.92. The van der Waals surface area contributed by atoms with E-state index in [0.29, 0.717) is 19.5 Å². The third-order valence-electron chi connectivity index (χ3n) is 2.05. The third-order valence-corrected chi connectivity index (χ3v) is 2.05. The predicted molar refractivity (Wildman–Crippen MR) is 61.8 cm³/mol. The maximum Gasteiger partial charge on any atom is 0.233 e. The van der Waals surface area contributed by atoms with Gasteiger partial charge in [0.2, 0.25) is 5.91 Å². The fourth-order valence-electron chi connectivity index (χ4n) is 1.20. The molecular weight excluding hydrogens is 206 g/mol. The van der Waals surface area contributed by atoms with Gasteiger partial charge in [0.25, 0.3) is 0 Å². The van der Waals surface area contributed by atoms with Crippen LogP contribution in [-0.4, -0.2) is 39.3 Å². The van der Waals surface area contributed by atoms with Gasteiger partial charge in [-0.15, -0.1) is 0 Å². The maximum atomic E-state index is 11.2. The second-order valence-corrected chi connectivity index (χ2v) is 3.49. The molecule has 1 amide bonds. The van der Waals surface area contributed by atoms with Crippen molar-refractivity contribution in [1.29, 1.82) is 5.26 Å². The number of unbranched alkanes of at least 4 members (excludes halogenated alkanes) is 2. The van der Waals surface area contributed by atoms with Crippen LogP contribution in [0.3, 0.4) is 0 Å². The third kappa shape index (κ3) is 11.0. The lowest BCUT2D eigenvalue weighted by Crippen LogP contribution is -2.34. The molecule has 16 heavy (non-hydrogen) atoms. The predicted octanol–water partition coefficient (Wildman–Crippen LogP) is 0.423. The molecule has 0 aliphatic carbocycles. The fourth-order valence-corrected chi connectivity index (χ4v) is 1.20. The second kappa shape index (κ2) is 12.0. The van der Waals surface area contributed by atoms with E-state index in [4.69, 9.17) is 10.00 Å². The largest absolute Gasteiger partial charge is 0.385 e. The van der Waals surface area contributed by atoms with Gasteiger partial charge < -0.3 is 15.4 Å². The summed E-state index contributed by atoms with van der Waals surface area (Å²) in [4.78, 5) is 11.2. The summed E-state index contributed by atoms with van der Waals surface area (Å²) in [7, 11) is 1.70. The number of carbonyl (C=O) groups excluding carboxylic acids is 1. The van der Waals surface area contributed by atoms with E-state index >= 15 is 0 Å². The Bertz CT molecular complexity index is 214. The molecular formula is C11H21N3O2. The van der Waals surface area contributed by atoms with Crippen LogP contribution in [0.5, 0.6) is 0 Å². The Labute approximate surface area is 97.2 Å². The van der Waals surface area contributed by atoms with Gasteiger partial charge in [-0.25, -0.2) is 0 Å². The number of nitriles is 1. The number of hydrogen-bond acceptors (Lipinski definition) is 4. The quantitative estimate of drug-likeness (QED) is 0.530. The standard InChI is InChI=1S/C11H21N3O2/c1-16-9-4-2-3-7-13-10-11(15)14-8-5-6-12/h13H,2-5,7-10H2,1H3,(H,14,15). The summed E-state index contributed by atoms with van der Waals surface area (Å²) in [5.74, 6) is -0.0489. The summed E-state index contributed by atoms with van der Waals surface area (Å²) in [6.07, 6.45) is 3.58. The average molecular weight is 227 g/mol. The Morgan fingerprint density at radius 2 is 2.12 bits per heavy atom. The van der Waals surface area contributed by atoms with Crippen molar-refractivity contribution in [3.8, 4) is 6.07 Å². The maximum absolute atomic E-state index is 11.2. The highest BCUT2D eigenvalue weighted by Gasteiger charge is 1.98. The molecule has 92 valence electrons. The minimum absolute atomic E-state index is 0.0489. The van der Waals surface area contributed by atoms with E-state index in [2.05, 4.69) is 10.6 Å². The molecule has 0 rings (SSSR count). The van der Waals surface area contributed by atoms with Crippen LogP contribution >= 0.6 is 0 Å². The van der Waals surface area contributed by atoms with Crippen LogP contribution < -0.4 is 10.6 Å². The second-order valence-electron chi connectivity index (χ2n) is 3.49. The minimum atomic E-state index is -0.0489. The van der Waals surface area contributed by atoms with Gasteiger partial charge in [-0.2, -0.15) is 5.26 Å². The molecule has 0 aliphatic rings. The van der Waals surface area contributed by atoms with Crippen LogP contribution in [0.15, 0.2) is 0 Å². The molecule has 0 saturated heterocycles. The summed E-state index contributed by atoms with van der Waals surface area (Å²) >= 11 is 0. The van der Waals surface area contributed by atoms with E-state index in [9.17, 15) is 4.79 Å². The molecule has 0 fully saturated rings. The van der Waals surface area contributed by atoms with Crippen molar-refractivity contribution in [3.05, 3.63) is 0 Å². The highest BCUT2D eigenvalue weighted by molar-refractivity contribution is 5.77. The summed E-state index contributed by atoms with van der Waals surface area (Å²) in [5, 5.41) is 14.0. The lowest BCUT2D eigenvalue weighted by atomic mass is 10.2. The van der Waals surface area contributed by atoms with Crippen LogP contribution in [0.2, 0.25) is 0 Å². The lowest BCUT2D eigenvalue weighted by molar-refractivity contribution is -0.120. The first-order valence-electron chi connectivity index (χ1n) is 5.64. The Hall–Kier alpha value is -1.12. The van der Waals surface area contributed by atoms with Crippen LogP contribution in [0.25, 0.3) is 0 Å². The molecule has 0 aromatic rings. The molecule has 0 aliphatic heterocycles. The Morgan fingerprint density at radius 1 is 1.31 bits per heavy atom. The molecule has 0 spiro atoms. The highest BCUT2D eigenvalue weighted by atomic mass is 16.5. The van der Waals surface area contributed by atoms with Crippen molar-refractivity contribution < 1.29 is 9.53 Å². The highest BCUT2D eigenvalue weighted by Crippen LogP contribution is 1.93. The molecule has 0 aromatic carbocycles. The Kier molecular flexibility index (Phi) is 11.1. The Balaban J connectivity index is 3.12. The first-order valence-corrected chi connectivity index (χ1v) is 5.64. The molecule has 0 radical (unpaired) electrons. The first kappa shape index (κ1) is 14.9. The van der Waals surface area contributed by atoms with Crippen molar-refractivity contribution in [3.63, 3.8) is 0 Å². The summed E-state index contributed by atoms with van der Waals surface area (Å²) < 4.78 is 4.93. The molecule has 0 atom stereocenters. The summed E-state index contributed by atoms with van der Waals surface area (Å²) in [6, 6.07) is 1.97. The van der Waals surface area contributed by atoms with Crippen LogP contribution in [0, 0.1) is 11.3 Å². The van der Waals surface area contributed by atoms with E-state index in [-0.39, 0.29) is 5.91 Å². The number of hydrogen-bond donors (Lipinski definition) is 2.